The molecule has 1 unspecified atom stereocenters. The molecule has 0 saturated heterocycles. The molecule has 19 heavy (non-hydrogen) atoms. The minimum absolute atomic E-state index is 0.0246. The van der Waals surface area contributed by atoms with Gasteiger partial charge in [0.15, 0.2) is 0 Å². The summed E-state index contributed by atoms with van der Waals surface area (Å²) in [6.07, 6.45) is 8.38. The zero-order valence-corrected chi connectivity index (χ0v) is 11.8. The summed E-state index contributed by atoms with van der Waals surface area (Å²) in [6, 6.07) is 2.09. The molecule has 0 radical (unpaired) electrons. The Morgan fingerprint density at radius 1 is 1.47 bits per heavy atom. The molecule has 0 spiro atoms. The number of pyridine rings is 1. The molecule has 104 valence electrons. The summed E-state index contributed by atoms with van der Waals surface area (Å²) in [6.45, 7) is 4.92. The molecule has 1 aliphatic rings. The maximum atomic E-state index is 12.3. The van der Waals surface area contributed by atoms with Gasteiger partial charge in [0.1, 0.15) is 0 Å². The summed E-state index contributed by atoms with van der Waals surface area (Å²) in [5.41, 5.74) is 1.49. The number of amides is 1. The first-order chi connectivity index (χ1) is 9.22. The Labute approximate surface area is 115 Å². The molecule has 0 aliphatic heterocycles. The Morgan fingerprint density at radius 2 is 2.21 bits per heavy atom. The number of anilines is 1. The lowest BCUT2D eigenvalue weighted by Gasteiger charge is -2.21. The van der Waals surface area contributed by atoms with Crippen molar-refractivity contribution in [2.75, 3.05) is 11.9 Å². The predicted molar refractivity (Wildman–Crippen MR) is 77.3 cm³/mol. The van der Waals surface area contributed by atoms with E-state index >= 15 is 0 Å². The van der Waals surface area contributed by atoms with Gasteiger partial charge in [0.25, 0.3) is 5.91 Å². The van der Waals surface area contributed by atoms with E-state index in [1.54, 1.807) is 12.4 Å². The fourth-order valence-corrected chi connectivity index (χ4v) is 2.78. The van der Waals surface area contributed by atoms with Gasteiger partial charge in [-0.05, 0) is 38.7 Å². The van der Waals surface area contributed by atoms with Gasteiger partial charge in [0, 0.05) is 25.0 Å². The minimum atomic E-state index is -0.0246. The van der Waals surface area contributed by atoms with Crippen LogP contribution in [0.1, 0.15) is 49.9 Å². The molecule has 1 atom stereocenters. The first-order valence-corrected chi connectivity index (χ1v) is 7.21. The van der Waals surface area contributed by atoms with E-state index in [2.05, 4.69) is 22.5 Å². The van der Waals surface area contributed by atoms with Crippen LogP contribution in [0.25, 0.3) is 0 Å². The van der Waals surface area contributed by atoms with Crippen molar-refractivity contribution in [1.29, 1.82) is 0 Å². The molecule has 1 aromatic rings. The highest BCUT2D eigenvalue weighted by Gasteiger charge is 2.23. The van der Waals surface area contributed by atoms with Crippen LogP contribution in [0.4, 0.5) is 5.69 Å². The van der Waals surface area contributed by atoms with Crippen molar-refractivity contribution in [3.05, 3.63) is 24.0 Å². The molecule has 0 bridgehead atoms. The monoisotopic (exact) mass is 261 g/mol. The quantitative estimate of drug-likeness (QED) is 0.857. The Morgan fingerprint density at radius 3 is 2.89 bits per heavy atom. The van der Waals surface area contributed by atoms with Crippen molar-refractivity contribution in [1.82, 2.24) is 10.3 Å². The SMILES string of the molecule is CCNc1ccncc1C(=O)NC(C)C1CCCC1. The van der Waals surface area contributed by atoms with E-state index in [-0.39, 0.29) is 11.9 Å². The van der Waals surface area contributed by atoms with Gasteiger partial charge in [0.2, 0.25) is 0 Å². The zero-order valence-electron chi connectivity index (χ0n) is 11.8. The third kappa shape index (κ3) is 3.46. The van der Waals surface area contributed by atoms with E-state index in [4.69, 9.17) is 0 Å². The van der Waals surface area contributed by atoms with Crippen molar-refractivity contribution in [3.63, 3.8) is 0 Å². The summed E-state index contributed by atoms with van der Waals surface area (Å²) in [7, 11) is 0. The Balaban J connectivity index is 2.02. The molecule has 1 amide bonds. The lowest BCUT2D eigenvalue weighted by atomic mass is 9.99. The van der Waals surface area contributed by atoms with E-state index in [9.17, 15) is 4.79 Å². The van der Waals surface area contributed by atoms with Crippen molar-refractivity contribution >= 4 is 11.6 Å². The second kappa shape index (κ2) is 6.55. The van der Waals surface area contributed by atoms with Crippen LogP contribution in [0, 0.1) is 5.92 Å². The molecule has 0 aromatic carbocycles. The summed E-state index contributed by atoms with van der Waals surface area (Å²) >= 11 is 0. The van der Waals surface area contributed by atoms with E-state index < -0.39 is 0 Å². The molecule has 1 saturated carbocycles. The fourth-order valence-electron chi connectivity index (χ4n) is 2.78. The molecule has 1 heterocycles. The average molecular weight is 261 g/mol. The van der Waals surface area contributed by atoms with Crippen molar-refractivity contribution < 1.29 is 4.79 Å². The maximum Gasteiger partial charge on any atom is 0.255 e. The van der Waals surface area contributed by atoms with E-state index in [1.165, 1.54) is 25.7 Å². The van der Waals surface area contributed by atoms with Crippen molar-refractivity contribution in [2.45, 2.75) is 45.6 Å². The Hall–Kier alpha value is -1.58. The highest BCUT2D eigenvalue weighted by atomic mass is 16.1. The van der Waals surface area contributed by atoms with Gasteiger partial charge in [-0.15, -0.1) is 0 Å². The average Bonchev–Trinajstić information content (AvgIpc) is 2.93. The summed E-state index contributed by atoms with van der Waals surface area (Å²) in [5.74, 6) is 0.603. The number of rotatable bonds is 5. The van der Waals surface area contributed by atoms with Crippen LogP contribution in [0.3, 0.4) is 0 Å². The van der Waals surface area contributed by atoms with Crippen LogP contribution in [0.2, 0.25) is 0 Å². The molecular formula is C15H23N3O. The zero-order chi connectivity index (χ0) is 13.7. The second-order valence-electron chi connectivity index (χ2n) is 5.26. The van der Waals surface area contributed by atoms with E-state index in [1.807, 2.05) is 13.0 Å². The number of carbonyl (C=O) groups is 1. The highest BCUT2D eigenvalue weighted by molar-refractivity contribution is 5.99. The first-order valence-electron chi connectivity index (χ1n) is 7.21. The lowest BCUT2D eigenvalue weighted by Crippen LogP contribution is -2.37. The van der Waals surface area contributed by atoms with Gasteiger partial charge in [0.05, 0.1) is 11.3 Å². The first kappa shape index (κ1) is 13.8. The van der Waals surface area contributed by atoms with Crippen molar-refractivity contribution in [3.8, 4) is 0 Å². The number of carbonyl (C=O) groups excluding carboxylic acids is 1. The number of hydrogen-bond donors (Lipinski definition) is 2. The molecule has 2 N–H and O–H groups in total. The standard InChI is InChI=1S/C15H23N3O/c1-3-17-14-8-9-16-10-13(14)15(19)18-11(2)12-6-4-5-7-12/h8-12H,3-7H2,1-2H3,(H,16,17)(H,18,19). The van der Waals surface area contributed by atoms with Crippen LogP contribution < -0.4 is 10.6 Å². The number of aromatic nitrogens is 1. The Bertz CT molecular complexity index is 427. The molecule has 4 heteroatoms. The van der Waals surface area contributed by atoms with Gasteiger partial charge in [-0.2, -0.15) is 0 Å². The molecule has 1 fully saturated rings. The summed E-state index contributed by atoms with van der Waals surface area (Å²) < 4.78 is 0. The van der Waals surface area contributed by atoms with E-state index in [0.717, 1.165) is 12.2 Å². The molecule has 1 aliphatic carbocycles. The van der Waals surface area contributed by atoms with Gasteiger partial charge in [-0.3, -0.25) is 9.78 Å². The second-order valence-corrected chi connectivity index (χ2v) is 5.26. The van der Waals surface area contributed by atoms with Crippen molar-refractivity contribution in [2.24, 2.45) is 5.92 Å². The smallest absolute Gasteiger partial charge is 0.255 e. The van der Waals surface area contributed by atoms with Crippen LogP contribution >= 0.6 is 0 Å². The minimum Gasteiger partial charge on any atom is -0.385 e. The Kier molecular flexibility index (Phi) is 4.77. The highest BCUT2D eigenvalue weighted by Crippen LogP contribution is 2.27. The lowest BCUT2D eigenvalue weighted by molar-refractivity contribution is 0.0927. The van der Waals surface area contributed by atoms with Crippen LogP contribution in [-0.4, -0.2) is 23.5 Å². The van der Waals surface area contributed by atoms with Gasteiger partial charge < -0.3 is 10.6 Å². The molecular weight excluding hydrogens is 238 g/mol. The number of nitrogens with zero attached hydrogens (tertiary/aromatic N) is 1. The molecule has 4 nitrogen and oxygen atoms in total. The third-order valence-corrected chi connectivity index (χ3v) is 3.90. The predicted octanol–water partition coefficient (Wildman–Crippen LogP) is 2.82. The normalized spacial score (nSPS) is 17.2. The maximum absolute atomic E-state index is 12.3. The fraction of sp³-hybridized carbons (Fsp3) is 0.600. The third-order valence-electron chi connectivity index (χ3n) is 3.90. The van der Waals surface area contributed by atoms with Gasteiger partial charge in [-0.25, -0.2) is 0 Å². The number of hydrogen-bond acceptors (Lipinski definition) is 3. The molecule has 2 rings (SSSR count). The molecule has 1 aromatic heterocycles. The number of nitrogens with one attached hydrogen (secondary N) is 2. The van der Waals surface area contributed by atoms with Gasteiger partial charge in [-0.1, -0.05) is 12.8 Å². The summed E-state index contributed by atoms with van der Waals surface area (Å²) in [4.78, 5) is 16.4. The van der Waals surface area contributed by atoms with Crippen LogP contribution in [-0.2, 0) is 0 Å². The topological polar surface area (TPSA) is 54.0 Å². The van der Waals surface area contributed by atoms with Gasteiger partial charge >= 0.3 is 0 Å². The largest absolute Gasteiger partial charge is 0.385 e. The van der Waals surface area contributed by atoms with E-state index in [0.29, 0.717) is 11.5 Å². The summed E-state index contributed by atoms with van der Waals surface area (Å²) in [5, 5.41) is 6.32. The van der Waals surface area contributed by atoms with Crippen LogP contribution in [0.15, 0.2) is 18.5 Å². The van der Waals surface area contributed by atoms with Crippen LogP contribution in [0.5, 0.6) is 0 Å².